The number of aldehydes is 1. The molecule has 0 aromatic heterocycles. The molecule has 0 aromatic carbocycles. The van der Waals surface area contributed by atoms with Crippen molar-refractivity contribution in [2.45, 2.75) is 91.3 Å². The molecule has 4 nitrogen and oxygen atoms in total. The van der Waals surface area contributed by atoms with Gasteiger partial charge in [-0.1, -0.05) is 33.3 Å². The Hall–Kier alpha value is -0.493. The van der Waals surface area contributed by atoms with Gasteiger partial charge in [-0.05, 0) is 51.2 Å². The van der Waals surface area contributed by atoms with Crippen molar-refractivity contribution >= 4 is 14.6 Å². The van der Waals surface area contributed by atoms with Crippen molar-refractivity contribution in [1.29, 1.82) is 0 Å². The summed E-state index contributed by atoms with van der Waals surface area (Å²) in [5.74, 6) is -0.143. The van der Waals surface area contributed by atoms with Crippen molar-refractivity contribution in [3.8, 4) is 0 Å². The molecule has 0 saturated carbocycles. The zero-order valence-electron chi connectivity index (χ0n) is 17.5. The monoisotopic (exact) mass is 370 g/mol. The fraction of sp³-hybridized carbons (Fsp3) is 0.850. The van der Waals surface area contributed by atoms with Gasteiger partial charge in [0, 0.05) is 18.8 Å². The number of hydrogen-bond acceptors (Lipinski definition) is 4. The van der Waals surface area contributed by atoms with E-state index in [2.05, 4.69) is 40.8 Å². The van der Waals surface area contributed by atoms with Crippen molar-refractivity contribution < 1.29 is 18.7 Å². The molecule has 0 aromatic rings. The molecule has 0 spiro atoms. The maximum absolute atomic E-state index is 11.9. The fourth-order valence-corrected chi connectivity index (χ4v) is 4.59. The van der Waals surface area contributed by atoms with Gasteiger partial charge >= 0.3 is 0 Å². The second-order valence-corrected chi connectivity index (χ2v) is 13.0. The van der Waals surface area contributed by atoms with Gasteiger partial charge in [0.25, 0.3) is 0 Å². The first-order valence-corrected chi connectivity index (χ1v) is 12.6. The average molecular weight is 371 g/mol. The first kappa shape index (κ1) is 22.5. The molecule has 146 valence electrons. The molecule has 25 heavy (non-hydrogen) atoms. The lowest BCUT2D eigenvalue weighted by molar-refractivity contribution is -0.178. The van der Waals surface area contributed by atoms with Gasteiger partial charge in [0.2, 0.25) is 0 Å². The topological polar surface area (TPSA) is 44.8 Å². The van der Waals surface area contributed by atoms with Gasteiger partial charge in [0.15, 0.2) is 14.6 Å². The molecule has 1 aliphatic carbocycles. The Bertz CT molecular complexity index is 459. The van der Waals surface area contributed by atoms with Gasteiger partial charge in [-0.2, -0.15) is 0 Å². The third-order valence-electron chi connectivity index (χ3n) is 5.66. The Morgan fingerprint density at radius 3 is 2.12 bits per heavy atom. The van der Waals surface area contributed by atoms with Crippen LogP contribution in [0.4, 0.5) is 0 Å². The smallest absolute Gasteiger partial charge is 0.192 e. The molecular weight excluding hydrogens is 332 g/mol. The van der Waals surface area contributed by atoms with Crippen molar-refractivity contribution in [3.63, 3.8) is 0 Å². The van der Waals surface area contributed by atoms with Gasteiger partial charge in [0.05, 0.1) is 12.0 Å². The minimum Gasteiger partial charge on any atom is -0.413 e. The number of allylic oxidation sites excluding steroid dienone is 1. The lowest BCUT2D eigenvalue weighted by Crippen LogP contribution is -2.50. The second-order valence-electron chi connectivity index (χ2n) is 8.29. The molecular formula is C20H38O4Si. The summed E-state index contributed by atoms with van der Waals surface area (Å²) in [4.78, 5) is 11.9. The molecule has 1 aliphatic rings. The Balaban J connectivity index is 3.26. The summed E-state index contributed by atoms with van der Waals surface area (Å²) in [5.41, 5.74) is 2.06. The third kappa shape index (κ3) is 5.49. The van der Waals surface area contributed by atoms with E-state index in [1.54, 1.807) is 0 Å². The molecule has 5 heteroatoms. The molecule has 0 radical (unpaired) electrons. The van der Waals surface area contributed by atoms with E-state index in [-0.39, 0.29) is 17.1 Å². The summed E-state index contributed by atoms with van der Waals surface area (Å²) < 4.78 is 18.5. The molecule has 0 aliphatic heterocycles. The predicted octanol–water partition coefficient (Wildman–Crippen LogP) is 5.09. The molecule has 0 fully saturated rings. The lowest BCUT2D eigenvalue weighted by atomic mass is 9.79. The van der Waals surface area contributed by atoms with Crippen molar-refractivity contribution in [1.82, 2.24) is 0 Å². The van der Waals surface area contributed by atoms with E-state index in [4.69, 9.17) is 13.9 Å². The van der Waals surface area contributed by atoms with Crippen LogP contribution in [0.3, 0.4) is 0 Å². The third-order valence-corrected chi connectivity index (χ3v) is 10.2. The summed E-state index contributed by atoms with van der Waals surface area (Å²) in [5, 5.41) is 0.125. The standard InChI is InChI=1S/C20H38O4Si/c1-9-15-12-13-17(24-25(7,8)20(4,5)6)18(16(15)14-21)19(22-10-2)23-11-3/h14,17-19H,9-13H2,1-8H3/t17-,18-/m0/s1. The van der Waals surface area contributed by atoms with Gasteiger partial charge in [-0.3, -0.25) is 4.79 Å². The van der Waals surface area contributed by atoms with Crippen LogP contribution >= 0.6 is 0 Å². The van der Waals surface area contributed by atoms with Crippen LogP contribution in [0.2, 0.25) is 18.1 Å². The van der Waals surface area contributed by atoms with Crippen LogP contribution in [0, 0.1) is 5.92 Å². The Morgan fingerprint density at radius 1 is 1.16 bits per heavy atom. The van der Waals surface area contributed by atoms with Gasteiger partial charge in [-0.25, -0.2) is 0 Å². The van der Waals surface area contributed by atoms with Crippen molar-refractivity contribution in [2.75, 3.05) is 13.2 Å². The van der Waals surface area contributed by atoms with E-state index >= 15 is 0 Å². The first-order chi connectivity index (χ1) is 11.6. The van der Waals surface area contributed by atoms with Crippen molar-refractivity contribution in [2.24, 2.45) is 5.92 Å². The normalized spacial score (nSPS) is 22.6. The second kappa shape index (κ2) is 9.44. The van der Waals surface area contributed by atoms with Crippen LogP contribution in [-0.2, 0) is 18.7 Å². The predicted molar refractivity (Wildman–Crippen MR) is 105 cm³/mol. The van der Waals surface area contributed by atoms with E-state index in [9.17, 15) is 4.79 Å². The highest BCUT2D eigenvalue weighted by Crippen LogP contribution is 2.43. The van der Waals surface area contributed by atoms with Crippen LogP contribution < -0.4 is 0 Å². The molecule has 0 saturated heterocycles. The van der Waals surface area contributed by atoms with Crippen LogP contribution in [0.5, 0.6) is 0 Å². The fourth-order valence-electron chi connectivity index (χ4n) is 3.21. The summed E-state index contributed by atoms with van der Waals surface area (Å²) in [6, 6.07) is 0. The summed E-state index contributed by atoms with van der Waals surface area (Å²) in [7, 11) is -1.95. The lowest BCUT2D eigenvalue weighted by Gasteiger charge is -2.45. The van der Waals surface area contributed by atoms with E-state index in [0.717, 1.165) is 31.1 Å². The maximum Gasteiger partial charge on any atom is 0.192 e. The summed E-state index contributed by atoms with van der Waals surface area (Å²) >= 11 is 0. The summed E-state index contributed by atoms with van der Waals surface area (Å²) in [6.45, 7) is 18.4. The average Bonchev–Trinajstić information content (AvgIpc) is 2.52. The minimum atomic E-state index is -1.95. The van der Waals surface area contributed by atoms with E-state index < -0.39 is 14.6 Å². The zero-order chi connectivity index (χ0) is 19.3. The Morgan fingerprint density at radius 2 is 1.72 bits per heavy atom. The molecule has 0 bridgehead atoms. The Kier molecular flexibility index (Phi) is 8.52. The summed E-state index contributed by atoms with van der Waals surface area (Å²) in [6.07, 6.45) is 3.30. The number of carbonyl (C=O) groups excluding carboxylic acids is 1. The number of ether oxygens (including phenoxy) is 2. The highest BCUT2D eigenvalue weighted by molar-refractivity contribution is 6.74. The van der Waals surface area contributed by atoms with Crippen LogP contribution in [-0.4, -0.2) is 40.2 Å². The SMILES string of the molecule is CCOC(OCC)[C@H]1C(C=O)=C(CC)CC[C@@H]1O[Si](C)(C)C(C)(C)C. The zero-order valence-corrected chi connectivity index (χ0v) is 18.5. The van der Waals surface area contributed by atoms with Crippen LogP contribution in [0.15, 0.2) is 11.1 Å². The van der Waals surface area contributed by atoms with E-state index in [0.29, 0.717) is 13.2 Å². The van der Waals surface area contributed by atoms with Gasteiger partial charge in [-0.15, -0.1) is 0 Å². The first-order valence-electron chi connectivity index (χ1n) is 9.70. The molecule has 0 heterocycles. The largest absolute Gasteiger partial charge is 0.413 e. The quantitative estimate of drug-likeness (QED) is 0.322. The van der Waals surface area contributed by atoms with Gasteiger partial charge < -0.3 is 13.9 Å². The minimum absolute atomic E-state index is 0.0282. The molecule has 0 unspecified atom stereocenters. The highest BCUT2D eigenvalue weighted by atomic mass is 28.4. The van der Waals surface area contributed by atoms with Gasteiger partial charge in [0.1, 0.15) is 6.29 Å². The van der Waals surface area contributed by atoms with E-state index in [1.807, 2.05) is 13.8 Å². The number of hydrogen-bond donors (Lipinski definition) is 0. The molecule has 1 rings (SSSR count). The van der Waals surface area contributed by atoms with Crippen LogP contribution in [0.1, 0.15) is 60.8 Å². The highest BCUT2D eigenvalue weighted by Gasteiger charge is 2.45. The van der Waals surface area contributed by atoms with E-state index in [1.165, 1.54) is 5.57 Å². The maximum atomic E-state index is 11.9. The number of carbonyl (C=O) groups is 1. The molecule has 2 atom stereocenters. The Labute approximate surface area is 155 Å². The van der Waals surface area contributed by atoms with Crippen molar-refractivity contribution in [3.05, 3.63) is 11.1 Å². The number of rotatable bonds is 9. The molecule has 0 N–H and O–H groups in total. The van der Waals surface area contributed by atoms with Crippen LogP contribution in [0.25, 0.3) is 0 Å². The molecule has 0 amide bonds.